The Morgan fingerprint density at radius 2 is 1.62 bits per heavy atom. The predicted octanol–water partition coefficient (Wildman–Crippen LogP) is 5.57. The molecule has 1 saturated heterocycles. The Bertz CT molecular complexity index is 949. The maximum Gasteiger partial charge on any atom is 0.410 e. The Morgan fingerprint density at radius 1 is 0.966 bits per heavy atom. The summed E-state index contributed by atoms with van der Waals surface area (Å²) in [6, 6.07) is 24.5. The van der Waals surface area contributed by atoms with Gasteiger partial charge in [0, 0.05) is 36.0 Å². The summed E-state index contributed by atoms with van der Waals surface area (Å²) < 4.78 is 5.46. The number of amides is 1. The Morgan fingerprint density at radius 3 is 2.28 bits per heavy atom. The molecule has 0 atom stereocenters. The molecule has 1 fully saturated rings. The largest absolute Gasteiger partial charge is 0.445 e. The van der Waals surface area contributed by atoms with Crippen LogP contribution in [-0.4, -0.2) is 29.1 Å². The second-order valence-electron chi connectivity index (χ2n) is 7.54. The van der Waals surface area contributed by atoms with Crippen molar-refractivity contribution >= 4 is 6.09 Å². The van der Waals surface area contributed by atoms with Crippen LogP contribution in [0.1, 0.15) is 35.7 Å². The number of pyridine rings is 1. The molecule has 2 aromatic carbocycles. The number of carbonyl (C=O) groups is 1. The van der Waals surface area contributed by atoms with Crippen molar-refractivity contribution in [3.05, 3.63) is 89.7 Å². The summed E-state index contributed by atoms with van der Waals surface area (Å²) in [6.07, 6.45) is 1.60. The van der Waals surface area contributed by atoms with Gasteiger partial charge in [-0.15, -0.1) is 0 Å². The number of carbonyl (C=O) groups excluding carboxylic acids is 1. The highest BCUT2D eigenvalue weighted by molar-refractivity contribution is 5.68. The summed E-state index contributed by atoms with van der Waals surface area (Å²) >= 11 is 0. The molecular formula is C25H26N2O2. The summed E-state index contributed by atoms with van der Waals surface area (Å²) in [6.45, 7) is 3.81. The van der Waals surface area contributed by atoms with Crippen molar-refractivity contribution in [2.45, 2.75) is 32.3 Å². The molecular weight excluding hydrogens is 360 g/mol. The van der Waals surface area contributed by atoms with E-state index in [1.165, 1.54) is 11.1 Å². The lowest BCUT2D eigenvalue weighted by molar-refractivity contribution is 0.0868. The van der Waals surface area contributed by atoms with E-state index in [1.807, 2.05) is 41.3 Å². The Labute approximate surface area is 172 Å². The first kappa shape index (κ1) is 19.2. The maximum absolute atomic E-state index is 12.4. The molecule has 0 radical (unpaired) electrons. The van der Waals surface area contributed by atoms with Crippen LogP contribution in [-0.2, 0) is 11.3 Å². The number of benzene rings is 2. The van der Waals surface area contributed by atoms with E-state index in [-0.39, 0.29) is 6.09 Å². The van der Waals surface area contributed by atoms with E-state index < -0.39 is 0 Å². The Kier molecular flexibility index (Phi) is 5.89. The number of nitrogens with zero attached hydrogens (tertiary/aromatic N) is 2. The van der Waals surface area contributed by atoms with Crippen LogP contribution in [0.3, 0.4) is 0 Å². The molecule has 0 aliphatic carbocycles. The smallest absolute Gasteiger partial charge is 0.410 e. The number of hydrogen-bond donors (Lipinski definition) is 0. The van der Waals surface area contributed by atoms with Crippen LogP contribution in [0.4, 0.5) is 4.79 Å². The standard InChI is InChI=1S/C25H26N2O2/c1-19-23(21-10-6-3-7-11-21)12-13-24(26-19)22-14-16-27(17-15-22)25(28)29-18-20-8-4-2-5-9-20/h2-13,22H,14-18H2,1H3. The van der Waals surface area contributed by atoms with Gasteiger partial charge >= 0.3 is 6.09 Å². The van der Waals surface area contributed by atoms with Crippen LogP contribution < -0.4 is 0 Å². The lowest BCUT2D eigenvalue weighted by Gasteiger charge is -2.31. The van der Waals surface area contributed by atoms with Gasteiger partial charge in [-0.1, -0.05) is 66.7 Å². The summed E-state index contributed by atoms with van der Waals surface area (Å²) in [5, 5.41) is 0. The first-order valence-corrected chi connectivity index (χ1v) is 10.2. The van der Waals surface area contributed by atoms with E-state index in [0.717, 1.165) is 29.8 Å². The first-order chi connectivity index (χ1) is 14.2. The molecule has 1 amide bonds. The molecule has 4 heteroatoms. The highest BCUT2D eigenvalue weighted by Crippen LogP contribution is 2.30. The molecule has 4 nitrogen and oxygen atoms in total. The van der Waals surface area contributed by atoms with Crippen LogP contribution in [0.5, 0.6) is 0 Å². The zero-order valence-corrected chi connectivity index (χ0v) is 16.8. The topological polar surface area (TPSA) is 42.4 Å². The molecule has 1 aromatic heterocycles. The maximum atomic E-state index is 12.4. The van der Waals surface area contributed by atoms with Crippen molar-refractivity contribution in [3.8, 4) is 11.1 Å². The quantitative estimate of drug-likeness (QED) is 0.588. The molecule has 29 heavy (non-hydrogen) atoms. The minimum absolute atomic E-state index is 0.226. The van der Waals surface area contributed by atoms with Gasteiger partial charge in [-0.05, 0) is 37.0 Å². The van der Waals surface area contributed by atoms with Crippen molar-refractivity contribution in [2.24, 2.45) is 0 Å². The van der Waals surface area contributed by atoms with Crippen LogP contribution in [0, 0.1) is 6.92 Å². The molecule has 3 aromatic rings. The summed E-state index contributed by atoms with van der Waals surface area (Å²) in [7, 11) is 0. The van der Waals surface area contributed by atoms with Crippen LogP contribution in [0.2, 0.25) is 0 Å². The fraction of sp³-hybridized carbons (Fsp3) is 0.280. The lowest BCUT2D eigenvalue weighted by atomic mass is 9.92. The molecule has 1 aliphatic rings. The van der Waals surface area contributed by atoms with Crippen molar-refractivity contribution in [1.29, 1.82) is 0 Å². The monoisotopic (exact) mass is 386 g/mol. The second kappa shape index (κ2) is 8.91. The van der Waals surface area contributed by atoms with Gasteiger partial charge in [-0.25, -0.2) is 4.79 Å². The minimum Gasteiger partial charge on any atom is -0.445 e. The van der Waals surface area contributed by atoms with E-state index in [9.17, 15) is 4.79 Å². The van der Waals surface area contributed by atoms with Gasteiger partial charge in [-0.2, -0.15) is 0 Å². The van der Waals surface area contributed by atoms with Gasteiger partial charge in [0.05, 0.1) is 0 Å². The fourth-order valence-electron chi connectivity index (χ4n) is 3.90. The molecule has 148 valence electrons. The molecule has 0 bridgehead atoms. The number of piperidine rings is 1. The highest BCUT2D eigenvalue weighted by Gasteiger charge is 2.25. The number of likely N-dealkylation sites (tertiary alicyclic amines) is 1. The normalized spacial score (nSPS) is 14.6. The first-order valence-electron chi connectivity index (χ1n) is 10.2. The van der Waals surface area contributed by atoms with Gasteiger partial charge < -0.3 is 9.64 Å². The van der Waals surface area contributed by atoms with E-state index in [4.69, 9.17) is 9.72 Å². The third kappa shape index (κ3) is 4.65. The van der Waals surface area contributed by atoms with Gasteiger partial charge in [0.25, 0.3) is 0 Å². The Balaban J connectivity index is 1.33. The molecule has 0 saturated carbocycles. The summed E-state index contributed by atoms with van der Waals surface area (Å²) in [5.74, 6) is 0.386. The number of ether oxygens (including phenoxy) is 1. The van der Waals surface area contributed by atoms with Gasteiger partial charge in [0.1, 0.15) is 6.61 Å². The Hall–Kier alpha value is -3.14. The fourth-order valence-corrected chi connectivity index (χ4v) is 3.90. The molecule has 0 unspecified atom stereocenters. The molecule has 1 aliphatic heterocycles. The predicted molar refractivity (Wildman–Crippen MR) is 115 cm³/mol. The number of hydrogen-bond acceptors (Lipinski definition) is 3. The van der Waals surface area contributed by atoms with Crippen LogP contribution >= 0.6 is 0 Å². The molecule has 0 N–H and O–H groups in total. The third-order valence-electron chi connectivity index (χ3n) is 5.57. The van der Waals surface area contributed by atoms with E-state index in [2.05, 4.69) is 43.3 Å². The highest BCUT2D eigenvalue weighted by atomic mass is 16.6. The van der Waals surface area contributed by atoms with Crippen LogP contribution in [0.25, 0.3) is 11.1 Å². The zero-order chi connectivity index (χ0) is 20.1. The molecule has 0 spiro atoms. The average Bonchev–Trinajstić information content (AvgIpc) is 2.79. The SMILES string of the molecule is Cc1nc(C2CCN(C(=O)OCc3ccccc3)CC2)ccc1-c1ccccc1. The molecule has 2 heterocycles. The summed E-state index contributed by atoms with van der Waals surface area (Å²) in [4.78, 5) is 19.1. The third-order valence-corrected chi connectivity index (χ3v) is 5.57. The second-order valence-corrected chi connectivity index (χ2v) is 7.54. The number of aryl methyl sites for hydroxylation is 1. The van der Waals surface area contributed by atoms with Crippen molar-refractivity contribution in [2.75, 3.05) is 13.1 Å². The van der Waals surface area contributed by atoms with Gasteiger partial charge in [0.2, 0.25) is 0 Å². The minimum atomic E-state index is -0.226. The van der Waals surface area contributed by atoms with Crippen LogP contribution in [0.15, 0.2) is 72.8 Å². The number of aromatic nitrogens is 1. The van der Waals surface area contributed by atoms with E-state index in [0.29, 0.717) is 25.6 Å². The number of rotatable bonds is 4. The van der Waals surface area contributed by atoms with Crippen molar-refractivity contribution in [3.63, 3.8) is 0 Å². The molecule has 4 rings (SSSR count). The van der Waals surface area contributed by atoms with Gasteiger partial charge in [-0.3, -0.25) is 4.98 Å². The summed E-state index contributed by atoms with van der Waals surface area (Å²) in [5.41, 5.74) is 5.56. The van der Waals surface area contributed by atoms with E-state index in [1.54, 1.807) is 0 Å². The van der Waals surface area contributed by atoms with Crippen molar-refractivity contribution < 1.29 is 9.53 Å². The van der Waals surface area contributed by atoms with E-state index >= 15 is 0 Å². The zero-order valence-electron chi connectivity index (χ0n) is 16.8. The van der Waals surface area contributed by atoms with Crippen molar-refractivity contribution in [1.82, 2.24) is 9.88 Å². The van der Waals surface area contributed by atoms with Gasteiger partial charge in [0.15, 0.2) is 0 Å². The lowest BCUT2D eigenvalue weighted by Crippen LogP contribution is -2.38. The average molecular weight is 386 g/mol.